The lowest BCUT2D eigenvalue weighted by Gasteiger charge is -2.30. The molecule has 1 fully saturated rings. The van der Waals surface area contributed by atoms with Crippen LogP contribution >= 0.6 is 0 Å². The van der Waals surface area contributed by atoms with Crippen molar-refractivity contribution in [2.45, 2.75) is 64.6 Å². The van der Waals surface area contributed by atoms with Gasteiger partial charge in [0.25, 0.3) is 0 Å². The van der Waals surface area contributed by atoms with Crippen LogP contribution in [0.3, 0.4) is 0 Å². The van der Waals surface area contributed by atoms with Gasteiger partial charge in [-0.1, -0.05) is 31.5 Å². The van der Waals surface area contributed by atoms with E-state index in [4.69, 9.17) is 4.74 Å². The number of carbonyl (C=O) groups is 1. The molecule has 1 aromatic carbocycles. The molecule has 140 valence electrons. The maximum absolute atomic E-state index is 14.1. The van der Waals surface area contributed by atoms with E-state index in [1.165, 1.54) is 6.07 Å². The lowest BCUT2D eigenvalue weighted by Crippen LogP contribution is -2.52. The van der Waals surface area contributed by atoms with Crippen LogP contribution in [-0.4, -0.2) is 42.1 Å². The average Bonchev–Trinajstić information content (AvgIpc) is 2.96. The van der Waals surface area contributed by atoms with Crippen LogP contribution < -0.4 is 5.32 Å². The maximum atomic E-state index is 14.1. The van der Waals surface area contributed by atoms with Crippen molar-refractivity contribution in [2.75, 3.05) is 19.7 Å². The van der Waals surface area contributed by atoms with Crippen LogP contribution in [-0.2, 0) is 9.53 Å². The predicted octanol–water partition coefficient (Wildman–Crippen LogP) is 3.67. The number of likely N-dealkylation sites (tertiary alicyclic amines) is 1. The van der Waals surface area contributed by atoms with Gasteiger partial charge in [0.15, 0.2) is 0 Å². The summed E-state index contributed by atoms with van der Waals surface area (Å²) < 4.78 is 19.6. The highest BCUT2D eigenvalue weighted by Gasteiger charge is 2.38. The SMILES string of the molecule is CCCC(OCC)C(=O)NC1(C)CCN(C(C)c2ccccc2F)C1. The number of benzene rings is 1. The molecule has 0 saturated carbocycles. The summed E-state index contributed by atoms with van der Waals surface area (Å²) in [7, 11) is 0. The predicted molar refractivity (Wildman–Crippen MR) is 97.9 cm³/mol. The van der Waals surface area contributed by atoms with Gasteiger partial charge >= 0.3 is 0 Å². The Morgan fingerprint density at radius 2 is 2.12 bits per heavy atom. The fourth-order valence-corrected chi connectivity index (χ4v) is 3.57. The van der Waals surface area contributed by atoms with Crippen molar-refractivity contribution in [3.63, 3.8) is 0 Å². The number of rotatable bonds is 8. The number of nitrogens with zero attached hydrogens (tertiary/aromatic N) is 1. The second kappa shape index (κ2) is 8.77. The lowest BCUT2D eigenvalue weighted by molar-refractivity contribution is -0.134. The molecule has 0 radical (unpaired) electrons. The molecule has 0 aromatic heterocycles. The van der Waals surface area contributed by atoms with Crippen molar-refractivity contribution in [2.24, 2.45) is 0 Å². The molecular weight excluding hydrogens is 319 g/mol. The summed E-state index contributed by atoms with van der Waals surface area (Å²) in [6, 6.07) is 6.89. The Labute approximate surface area is 150 Å². The zero-order valence-corrected chi connectivity index (χ0v) is 15.8. The first kappa shape index (κ1) is 19.9. The first-order valence-electron chi connectivity index (χ1n) is 9.32. The molecule has 5 heteroatoms. The van der Waals surface area contributed by atoms with E-state index in [2.05, 4.69) is 24.1 Å². The lowest BCUT2D eigenvalue weighted by atomic mass is 10.0. The van der Waals surface area contributed by atoms with Crippen molar-refractivity contribution in [1.29, 1.82) is 0 Å². The topological polar surface area (TPSA) is 41.6 Å². The molecule has 4 nitrogen and oxygen atoms in total. The highest BCUT2D eigenvalue weighted by molar-refractivity contribution is 5.81. The Bertz CT molecular complexity index is 575. The standard InChI is InChI=1S/C20H31FN2O2/c1-5-9-18(25-6-2)19(24)22-20(4)12-13-23(14-20)15(3)16-10-7-8-11-17(16)21/h7-8,10-11,15,18H,5-6,9,12-14H2,1-4H3,(H,22,24). The molecule has 1 saturated heterocycles. The number of nitrogens with one attached hydrogen (secondary N) is 1. The summed E-state index contributed by atoms with van der Waals surface area (Å²) in [6.07, 6.45) is 2.10. The third-order valence-electron chi connectivity index (χ3n) is 5.04. The van der Waals surface area contributed by atoms with Gasteiger partial charge in [-0.2, -0.15) is 0 Å². The van der Waals surface area contributed by atoms with Crippen LogP contribution in [0.2, 0.25) is 0 Å². The van der Waals surface area contributed by atoms with E-state index >= 15 is 0 Å². The summed E-state index contributed by atoms with van der Waals surface area (Å²) in [4.78, 5) is 14.8. The monoisotopic (exact) mass is 350 g/mol. The molecule has 1 amide bonds. The first-order chi connectivity index (χ1) is 11.9. The zero-order chi connectivity index (χ0) is 18.4. The van der Waals surface area contributed by atoms with E-state index in [1.807, 2.05) is 26.0 Å². The molecule has 1 heterocycles. The molecule has 3 atom stereocenters. The Balaban J connectivity index is 2.00. The Morgan fingerprint density at radius 1 is 1.40 bits per heavy atom. The fourth-order valence-electron chi connectivity index (χ4n) is 3.57. The van der Waals surface area contributed by atoms with Crippen LogP contribution in [0.4, 0.5) is 4.39 Å². The fraction of sp³-hybridized carbons (Fsp3) is 0.650. The van der Waals surface area contributed by atoms with Gasteiger partial charge in [-0.15, -0.1) is 0 Å². The molecule has 0 spiro atoms. The van der Waals surface area contributed by atoms with Crippen LogP contribution in [0.1, 0.15) is 58.6 Å². The minimum atomic E-state index is -0.384. The Hall–Kier alpha value is -1.46. The smallest absolute Gasteiger partial charge is 0.249 e. The number of amides is 1. The minimum Gasteiger partial charge on any atom is -0.369 e. The number of halogens is 1. The van der Waals surface area contributed by atoms with E-state index in [1.54, 1.807) is 6.07 Å². The van der Waals surface area contributed by atoms with Gasteiger partial charge in [0.05, 0.1) is 5.54 Å². The van der Waals surface area contributed by atoms with Crippen molar-refractivity contribution in [3.8, 4) is 0 Å². The molecular formula is C20H31FN2O2. The summed E-state index contributed by atoms with van der Waals surface area (Å²) in [5.41, 5.74) is 0.399. The van der Waals surface area contributed by atoms with Gasteiger partial charge in [-0.3, -0.25) is 9.69 Å². The van der Waals surface area contributed by atoms with Crippen molar-refractivity contribution in [1.82, 2.24) is 10.2 Å². The molecule has 25 heavy (non-hydrogen) atoms. The first-order valence-corrected chi connectivity index (χ1v) is 9.32. The van der Waals surface area contributed by atoms with Crippen molar-refractivity contribution >= 4 is 5.91 Å². The van der Waals surface area contributed by atoms with Crippen LogP contribution in [0.15, 0.2) is 24.3 Å². The van der Waals surface area contributed by atoms with E-state index in [0.717, 1.165) is 25.8 Å². The summed E-state index contributed by atoms with van der Waals surface area (Å²) in [6.45, 7) is 10.1. The Kier molecular flexibility index (Phi) is 6.96. The zero-order valence-electron chi connectivity index (χ0n) is 15.8. The minimum absolute atomic E-state index is 0.0155. The van der Waals surface area contributed by atoms with Gasteiger partial charge in [0, 0.05) is 31.3 Å². The van der Waals surface area contributed by atoms with Crippen LogP contribution in [0, 0.1) is 5.82 Å². The second-order valence-electron chi connectivity index (χ2n) is 7.20. The van der Waals surface area contributed by atoms with Gasteiger partial charge in [0.2, 0.25) is 5.91 Å². The van der Waals surface area contributed by atoms with E-state index in [9.17, 15) is 9.18 Å². The summed E-state index contributed by atoms with van der Waals surface area (Å²) in [5, 5.41) is 3.18. The molecule has 0 aliphatic carbocycles. The average molecular weight is 350 g/mol. The summed E-state index contributed by atoms with van der Waals surface area (Å²) in [5.74, 6) is -0.210. The van der Waals surface area contributed by atoms with Gasteiger partial charge < -0.3 is 10.1 Å². The maximum Gasteiger partial charge on any atom is 0.249 e. The number of hydrogen-bond donors (Lipinski definition) is 1. The van der Waals surface area contributed by atoms with Crippen molar-refractivity contribution in [3.05, 3.63) is 35.6 Å². The molecule has 1 N–H and O–H groups in total. The molecule has 3 unspecified atom stereocenters. The molecule has 1 aliphatic rings. The second-order valence-corrected chi connectivity index (χ2v) is 7.20. The number of carbonyl (C=O) groups excluding carboxylic acids is 1. The van der Waals surface area contributed by atoms with E-state index < -0.39 is 0 Å². The van der Waals surface area contributed by atoms with Crippen LogP contribution in [0.5, 0.6) is 0 Å². The van der Waals surface area contributed by atoms with Gasteiger partial charge in [-0.25, -0.2) is 4.39 Å². The third-order valence-corrected chi connectivity index (χ3v) is 5.04. The largest absolute Gasteiger partial charge is 0.369 e. The molecule has 2 rings (SSSR count). The molecule has 1 aliphatic heterocycles. The normalized spacial score (nSPS) is 23.4. The summed E-state index contributed by atoms with van der Waals surface area (Å²) >= 11 is 0. The quantitative estimate of drug-likeness (QED) is 0.778. The van der Waals surface area contributed by atoms with Gasteiger partial charge in [0.1, 0.15) is 11.9 Å². The van der Waals surface area contributed by atoms with Crippen molar-refractivity contribution < 1.29 is 13.9 Å². The molecule has 1 aromatic rings. The highest BCUT2D eigenvalue weighted by Crippen LogP contribution is 2.30. The Morgan fingerprint density at radius 3 is 2.76 bits per heavy atom. The van der Waals surface area contributed by atoms with Gasteiger partial charge in [-0.05, 0) is 39.7 Å². The highest BCUT2D eigenvalue weighted by atomic mass is 19.1. The van der Waals surface area contributed by atoms with Crippen LogP contribution in [0.25, 0.3) is 0 Å². The van der Waals surface area contributed by atoms with E-state index in [0.29, 0.717) is 18.7 Å². The van der Waals surface area contributed by atoms with E-state index in [-0.39, 0.29) is 29.4 Å². The number of hydrogen-bond acceptors (Lipinski definition) is 3. The number of ether oxygens (including phenoxy) is 1. The molecule has 0 bridgehead atoms. The third kappa shape index (κ3) is 5.02.